The highest BCUT2D eigenvalue weighted by molar-refractivity contribution is 8.15. The van der Waals surface area contributed by atoms with Gasteiger partial charge in [-0.15, -0.1) is 5.10 Å². The van der Waals surface area contributed by atoms with Crippen LogP contribution in [0.15, 0.2) is 29.4 Å². The summed E-state index contributed by atoms with van der Waals surface area (Å²) in [5.74, 6) is -2.70. The lowest BCUT2D eigenvalue weighted by Gasteiger charge is -2.19. The number of hydrazone groups is 1. The Labute approximate surface area is 122 Å². The minimum atomic E-state index is -1.13. The number of carboxylic acids is 1. The summed E-state index contributed by atoms with van der Waals surface area (Å²) in [5, 5.41) is 13.9. The molecule has 1 aliphatic rings. The summed E-state index contributed by atoms with van der Waals surface area (Å²) < 4.78 is 12.7. The Balaban J connectivity index is 2.02. The smallest absolute Gasteiger partial charge is 0.317 e. The zero-order valence-electron chi connectivity index (χ0n) is 10.5. The molecule has 3 N–H and O–H groups in total. The average Bonchev–Trinajstić information content (AvgIpc) is 2.45. The van der Waals surface area contributed by atoms with Crippen LogP contribution in [-0.2, 0) is 9.59 Å². The Bertz CT molecular complexity index is 617. The maximum absolute atomic E-state index is 12.7. The molecule has 0 aromatic heterocycles. The molecule has 0 unspecified atom stereocenters. The first-order valence-electron chi connectivity index (χ1n) is 5.78. The van der Waals surface area contributed by atoms with Gasteiger partial charge in [0.2, 0.25) is 5.91 Å². The van der Waals surface area contributed by atoms with Gasteiger partial charge in [-0.05, 0) is 24.3 Å². The molecule has 0 radical (unpaired) electrons. The number of rotatable bonds is 3. The van der Waals surface area contributed by atoms with E-state index in [1.54, 1.807) is 0 Å². The first kappa shape index (κ1) is 15.0. The van der Waals surface area contributed by atoms with E-state index in [0.29, 0.717) is 0 Å². The third-order valence-electron chi connectivity index (χ3n) is 2.51. The molecular formula is C12H10FN3O4S. The van der Waals surface area contributed by atoms with Crippen molar-refractivity contribution in [1.29, 1.82) is 0 Å². The summed E-state index contributed by atoms with van der Waals surface area (Å²) >= 11 is 0.827. The van der Waals surface area contributed by atoms with E-state index in [4.69, 9.17) is 5.11 Å². The Kier molecular flexibility index (Phi) is 4.53. The normalized spacial score (nSPS) is 20.0. The molecule has 0 spiro atoms. The fourth-order valence-corrected chi connectivity index (χ4v) is 2.38. The lowest BCUT2D eigenvalue weighted by molar-refractivity contribution is -0.138. The van der Waals surface area contributed by atoms with Gasteiger partial charge in [0.25, 0.3) is 5.91 Å². The molecule has 21 heavy (non-hydrogen) atoms. The quantitative estimate of drug-likeness (QED) is 0.706. The van der Waals surface area contributed by atoms with Crippen LogP contribution in [0, 0.1) is 5.82 Å². The molecule has 1 saturated heterocycles. The van der Waals surface area contributed by atoms with Crippen molar-refractivity contribution in [3.8, 4) is 0 Å². The molecule has 2 rings (SSSR count). The topological polar surface area (TPSA) is 108 Å². The fourth-order valence-electron chi connectivity index (χ4n) is 1.50. The monoisotopic (exact) mass is 311 g/mol. The molecule has 0 aliphatic carbocycles. The zero-order chi connectivity index (χ0) is 15.4. The number of hydrogen-bond acceptors (Lipinski definition) is 5. The number of nitrogens with one attached hydrogen (secondary N) is 2. The Morgan fingerprint density at radius 3 is 2.67 bits per heavy atom. The van der Waals surface area contributed by atoms with E-state index in [1.807, 2.05) is 0 Å². The van der Waals surface area contributed by atoms with Gasteiger partial charge in [0, 0.05) is 12.0 Å². The van der Waals surface area contributed by atoms with Crippen LogP contribution in [0.1, 0.15) is 16.8 Å². The van der Waals surface area contributed by atoms with Crippen molar-refractivity contribution in [3.05, 3.63) is 35.6 Å². The maximum atomic E-state index is 12.7. The van der Waals surface area contributed by atoms with Gasteiger partial charge < -0.3 is 10.4 Å². The molecule has 110 valence electrons. The maximum Gasteiger partial charge on any atom is 0.317 e. The van der Waals surface area contributed by atoms with Gasteiger partial charge in [-0.3, -0.25) is 14.4 Å². The number of amides is 2. The van der Waals surface area contributed by atoms with Crippen molar-refractivity contribution in [2.45, 2.75) is 11.7 Å². The summed E-state index contributed by atoms with van der Waals surface area (Å²) in [7, 11) is 0. The van der Waals surface area contributed by atoms with Crippen LogP contribution in [0.5, 0.6) is 0 Å². The van der Waals surface area contributed by atoms with Crippen molar-refractivity contribution >= 4 is 34.7 Å². The minimum absolute atomic E-state index is 0.00545. The standard InChI is InChI=1S/C12H10FN3O4S/c13-7-3-1-6(2-4-7)10(18)15-16-12-14-9(17)5-8(21-12)11(19)20/h1-4,8H,5H2,(H,15,18)(H,19,20)(H,14,16,17)/t8-/m0/s1. The van der Waals surface area contributed by atoms with Gasteiger partial charge in [0.05, 0.1) is 0 Å². The number of nitrogens with zero attached hydrogens (tertiary/aromatic N) is 1. The van der Waals surface area contributed by atoms with Crippen LogP contribution in [0.2, 0.25) is 0 Å². The van der Waals surface area contributed by atoms with Crippen molar-refractivity contribution in [2.24, 2.45) is 5.10 Å². The number of hydrogen-bond donors (Lipinski definition) is 3. The SMILES string of the molecule is O=C1C[C@@H](C(=O)O)SC(=NNC(=O)c2ccc(F)cc2)N1. The minimum Gasteiger partial charge on any atom is -0.480 e. The van der Waals surface area contributed by atoms with Gasteiger partial charge in [0.1, 0.15) is 11.1 Å². The third-order valence-corrected chi connectivity index (χ3v) is 3.58. The zero-order valence-corrected chi connectivity index (χ0v) is 11.3. The number of benzene rings is 1. The van der Waals surface area contributed by atoms with Crippen LogP contribution in [0.4, 0.5) is 4.39 Å². The van der Waals surface area contributed by atoms with Crippen LogP contribution in [0.3, 0.4) is 0 Å². The number of aliphatic carboxylic acids is 1. The van der Waals surface area contributed by atoms with Gasteiger partial charge in [-0.1, -0.05) is 11.8 Å². The van der Waals surface area contributed by atoms with Gasteiger partial charge in [-0.25, -0.2) is 9.82 Å². The predicted octanol–water partition coefficient (Wildman–Crippen LogP) is 0.533. The third kappa shape index (κ3) is 4.02. The summed E-state index contributed by atoms with van der Waals surface area (Å²) in [6.07, 6.45) is -0.162. The number of halogens is 1. The predicted molar refractivity (Wildman–Crippen MR) is 73.1 cm³/mol. The fraction of sp³-hybridized carbons (Fsp3) is 0.167. The molecule has 1 atom stereocenters. The lowest BCUT2D eigenvalue weighted by Crippen LogP contribution is -2.41. The second kappa shape index (κ2) is 6.35. The molecule has 1 heterocycles. The average molecular weight is 311 g/mol. The molecule has 2 amide bonds. The molecule has 9 heteroatoms. The van der Waals surface area contributed by atoms with E-state index in [1.165, 1.54) is 12.1 Å². The van der Waals surface area contributed by atoms with Gasteiger partial charge in [0.15, 0.2) is 5.17 Å². The second-order valence-corrected chi connectivity index (χ2v) is 5.25. The van der Waals surface area contributed by atoms with Crippen molar-refractivity contribution in [1.82, 2.24) is 10.7 Å². The molecule has 0 saturated carbocycles. The van der Waals surface area contributed by atoms with Gasteiger partial charge in [-0.2, -0.15) is 0 Å². The highest BCUT2D eigenvalue weighted by Crippen LogP contribution is 2.20. The highest BCUT2D eigenvalue weighted by atomic mass is 32.2. The van der Waals surface area contributed by atoms with Gasteiger partial charge >= 0.3 is 5.97 Å². The number of carbonyl (C=O) groups is 3. The largest absolute Gasteiger partial charge is 0.480 e. The van der Waals surface area contributed by atoms with Crippen molar-refractivity contribution in [3.63, 3.8) is 0 Å². The van der Waals surface area contributed by atoms with E-state index in [-0.39, 0.29) is 17.2 Å². The number of carbonyl (C=O) groups excluding carboxylic acids is 2. The molecular weight excluding hydrogens is 301 g/mol. The number of thioether (sulfide) groups is 1. The summed E-state index contributed by atoms with van der Waals surface area (Å²) in [5.41, 5.74) is 2.35. The molecule has 1 aromatic carbocycles. The Morgan fingerprint density at radius 2 is 2.05 bits per heavy atom. The van der Waals surface area contributed by atoms with E-state index in [9.17, 15) is 18.8 Å². The van der Waals surface area contributed by atoms with E-state index < -0.39 is 28.9 Å². The molecule has 1 aliphatic heterocycles. The molecule has 1 fully saturated rings. The highest BCUT2D eigenvalue weighted by Gasteiger charge is 2.30. The van der Waals surface area contributed by atoms with Crippen LogP contribution in [0.25, 0.3) is 0 Å². The summed E-state index contributed by atoms with van der Waals surface area (Å²) in [4.78, 5) is 33.9. The van der Waals surface area contributed by atoms with Crippen molar-refractivity contribution < 1.29 is 23.9 Å². The first-order chi connectivity index (χ1) is 9.95. The second-order valence-electron chi connectivity index (χ2n) is 4.06. The van der Waals surface area contributed by atoms with E-state index in [0.717, 1.165) is 23.9 Å². The summed E-state index contributed by atoms with van der Waals surface area (Å²) in [6.45, 7) is 0. The van der Waals surface area contributed by atoms with Crippen LogP contribution >= 0.6 is 11.8 Å². The summed E-state index contributed by atoms with van der Waals surface area (Å²) in [6, 6.07) is 4.80. The number of amidine groups is 1. The van der Waals surface area contributed by atoms with E-state index >= 15 is 0 Å². The molecule has 7 nitrogen and oxygen atoms in total. The number of carboxylic acid groups (broad SMARTS) is 1. The Hall–Kier alpha value is -2.42. The molecule has 1 aromatic rings. The lowest BCUT2D eigenvalue weighted by atomic mass is 10.2. The van der Waals surface area contributed by atoms with Crippen molar-refractivity contribution in [2.75, 3.05) is 0 Å². The molecule has 0 bridgehead atoms. The Morgan fingerprint density at radius 1 is 1.38 bits per heavy atom. The van der Waals surface area contributed by atoms with E-state index in [2.05, 4.69) is 15.8 Å². The van der Waals surface area contributed by atoms with Crippen LogP contribution < -0.4 is 10.7 Å². The first-order valence-corrected chi connectivity index (χ1v) is 6.66. The van der Waals surface area contributed by atoms with Crippen LogP contribution in [-0.4, -0.2) is 33.3 Å².